The van der Waals surface area contributed by atoms with E-state index in [0.717, 1.165) is 12.8 Å². The molecule has 2 aromatic carbocycles. The molecule has 3 aromatic rings. The fraction of sp³-hybridized carbons (Fsp3) is 0.250. The molecule has 0 bridgehead atoms. The third-order valence-electron chi connectivity index (χ3n) is 5.17. The van der Waals surface area contributed by atoms with E-state index in [1.807, 2.05) is 0 Å². The molecule has 1 aliphatic carbocycles. The van der Waals surface area contributed by atoms with Gasteiger partial charge in [0.2, 0.25) is 0 Å². The lowest BCUT2D eigenvalue weighted by Crippen LogP contribution is -2.17. The van der Waals surface area contributed by atoms with Gasteiger partial charge in [0.05, 0.1) is 12.8 Å². The highest BCUT2D eigenvalue weighted by molar-refractivity contribution is 5.84. The maximum absolute atomic E-state index is 12.7. The van der Waals surface area contributed by atoms with Gasteiger partial charge in [-0.2, -0.15) is 0 Å². The Morgan fingerprint density at radius 2 is 1.73 bits per heavy atom. The SMILES string of the molecule is COc1cc(-n2ccc(-c3ccc(OC(F)(F)F)cc3)cc2=O)ccc1OCC(=O)C1CC1. The number of methoxy groups -OCH3 is 1. The van der Waals surface area contributed by atoms with Crippen LogP contribution in [0.2, 0.25) is 0 Å². The molecule has 9 heteroatoms. The highest BCUT2D eigenvalue weighted by Crippen LogP contribution is 2.32. The first-order valence-corrected chi connectivity index (χ1v) is 10.2. The van der Waals surface area contributed by atoms with Crippen LogP contribution in [0, 0.1) is 5.92 Å². The average molecular weight is 459 g/mol. The number of ether oxygens (including phenoxy) is 3. The molecule has 1 aromatic heterocycles. The molecule has 0 saturated heterocycles. The van der Waals surface area contributed by atoms with Gasteiger partial charge in [0.1, 0.15) is 12.4 Å². The largest absolute Gasteiger partial charge is 0.573 e. The van der Waals surface area contributed by atoms with Crippen molar-refractivity contribution >= 4 is 5.78 Å². The first-order valence-electron chi connectivity index (χ1n) is 10.2. The molecular formula is C24H20F3NO5. The van der Waals surface area contributed by atoms with Crippen LogP contribution in [-0.4, -0.2) is 30.4 Å². The first kappa shape index (κ1) is 22.4. The van der Waals surface area contributed by atoms with Gasteiger partial charge in [-0.3, -0.25) is 14.2 Å². The van der Waals surface area contributed by atoms with Gasteiger partial charge in [-0.15, -0.1) is 13.2 Å². The maximum Gasteiger partial charge on any atom is 0.573 e. The van der Waals surface area contributed by atoms with Gasteiger partial charge in [0.25, 0.3) is 5.56 Å². The van der Waals surface area contributed by atoms with Crippen molar-refractivity contribution in [3.63, 3.8) is 0 Å². The molecule has 6 nitrogen and oxygen atoms in total. The minimum absolute atomic E-state index is 0.0260. The number of rotatable bonds is 8. The van der Waals surface area contributed by atoms with E-state index in [9.17, 15) is 22.8 Å². The highest BCUT2D eigenvalue weighted by atomic mass is 19.4. The first-order chi connectivity index (χ1) is 15.7. The van der Waals surface area contributed by atoms with E-state index < -0.39 is 6.36 Å². The predicted molar refractivity (Wildman–Crippen MR) is 114 cm³/mol. The summed E-state index contributed by atoms with van der Waals surface area (Å²) < 4.78 is 53.1. The van der Waals surface area contributed by atoms with Gasteiger partial charge < -0.3 is 14.2 Å². The van der Waals surface area contributed by atoms with Crippen LogP contribution in [0.3, 0.4) is 0 Å². The van der Waals surface area contributed by atoms with Gasteiger partial charge in [0.15, 0.2) is 17.3 Å². The summed E-state index contributed by atoms with van der Waals surface area (Å²) in [5.41, 5.74) is 1.29. The van der Waals surface area contributed by atoms with Crippen LogP contribution < -0.4 is 19.8 Å². The maximum atomic E-state index is 12.7. The number of alkyl halides is 3. The quantitative estimate of drug-likeness (QED) is 0.486. The number of halogens is 3. The van der Waals surface area contributed by atoms with Crippen molar-refractivity contribution in [2.24, 2.45) is 5.92 Å². The second kappa shape index (κ2) is 9.01. The molecule has 0 spiro atoms. The number of carbonyl (C=O) groups excluding carboxylic acids is 1. The zero-order valence-corrected chi connectivity index (χ0v) is 17.6. The number of benzene rings is 2. The number of nitrogens with zero attached hydrogens (tertiary/aromatic N) is 1. The minimum atomic E-state index is -4.77. The molecule has 0 atom stereocenters. The second-order valence-electron chi connectivity index (χ2n) is 7.56. The lowest BCUT2D eigenvalue weighted by molar-refractivity contribution is -0.274. The summed E-state index contributed by atoms with van der Waals surface area (Å²) >= 11 is 0. The lowest BCUT2D eigenvalue weighted by atomic mass is 10.1. The van der Waals surface area contributed by atoms with E-state index in [0.29, 0.717) is 28.3 Å². The summed E-state index contributed by atoms with van der Waals surface area (Å²) in [6.45, 7) is -0.0260. The highest BCUT2D eigenvalue weighted by Gasteiger charge is 2.31. The smallest absolute Gasteiger partial charge is 0.493 e. The summed E-state index contributed by atoms with van der Waals surface area (Å²) in [6, 6.07) is 13.2. The van der Waals surface area contributed by atoms with Gasteiger partial charge in [-0.1, -0.05) is 12.1 Å². The van der Waals surface area contributed by atoms with Crippen LogP contribution in [0.15, 0.2) is 65.6 Å². The van der Waals surface area contributed by atoms with Gasteiger partial charge in [0, 0.05) is 24.2 Å². The van der Waals surface area contributed by atoms with Gasteiger partial charge in [-0.25, -0.2) is 0 Å². The molecule has 0 amide bonds. The predicted octanol–water partition coefficient (Wildman–Crippen LogP) is 4.77. The van der Waals surface area contributed by atoms with Crippen molar-refractivity contribution in [3.05, 3.63) is 71.1 Å². The molecule has 0 N–H and O–H groups in total. The van der Waals surface area contributed by atoms with Crippen LogP contribution in [0.5, 0.6) is 17.2 Å². The van der Waals surface area contributed by atoms with Crippen LogP contribution in [0.4, 0.5) is 13.2 Å². The molecule has 1 saturated carbocycles. The van der Waals surface area contributed by atoms with Crippen LogP contribution in [-0.2, 0) is 4.79 Å². The van der Waals surface area contributed by atoms with Crippen molar-refractivity contribution in [1.29, 1.82) is 0 Å². The zero-order chi connectivity index (χ0) is 23.6. The average Bonchev–Trinajstić information content (AvgIpc) is 3.62. The zero-order valence-electron chi connectivity index (χ0n) is 17.6. The van der Waals surface area contributed by atoms with E-state index in [-0.39, 0.29) is 29.6 Å². The van der Waals surface area contributed by atoms with Crippen LogP contribution in [0.1, 0.15) is 12.8 Å². The number of aromatic nitrogens is 1. The van der Waals surface area contributed by atoms with Crippen LogP contribution >= 0.6 is 0 Å². The molecule has 4 rings (SSSR count). The Morgan fingerprint density at radius 3 is 2.33 bits per heavy atom. The van der Waals surface area contributed by atoms with E-state index >= 15 is 0 Å². The van der Waals surface area contributed by atoms with E-state index in [1.165, 1.54) is 42.0 Å². The molecule has 0 unspecified atom stereocenters. The van der Waals surface area contributed by atoms with Crippen molar-refractivity contribution in [2.45, 2.75) is 19.2 Å². The van der Waals surface area contributed by atoms with Gasteiger partial charge >= 0.3 is 6.36 Å². The molecule has 1 heterocycles. The topological polar surface area (TPSA) is 66.8 Å². The molecule has 1 fully saturated rings. The third-order valence-corrected chi connectivity index (χ3v) is 5.17. The summed E-state index contributed by atoms with van der Waals surface area (Å²) in [5.74, 6) is 0.605. The summed E-state index contributed by atoms with van der Waals surface area (Å²) in [6.07, 6.45) is -1.40. The Labute approximate surface area is 187 Å². The third kappa shape index (κ3) is 5.54. The number of pyridine rings is 1. The minimum Gasteiger partial charge on any atom is -0.493 e. The van der Waals surface area contributed by atoms with Crippen molar-refractivity contribution < 1.29 is 32.2 Å². The Hall–Kier alpha value is -3.75. The molecule has 172 valence electrons. The molecule has 0 aliphatic heterocycles. The van der Waals surface area contributed by atoms with E-state index in [4.69, 9.17) is 9.47 Å². The summed E-state index contributed by atoms with van der Waals surface area (Å²) in [5, 5.41) is 0. The van der Waals surface area contributed by atoms with Crippen LogP contribution in [0.25, 0.3) is 16.8 Å². The number of hydrogen-bond acceptors (Lipinski definition) is 5. The molecular weight excluding hydrogens is 439 g/mol. The van der Waals surface area contributed by atoms with Gasteiger partial charge in [-0.05, 0) is 54.3 Å². The van der Waals surface area contributed by atoms with Crippen molar-refractivity contribution in [3.8, 4) is 34.1 Å². The number of hydrogen-bond donors (Lipinski definition) is 0. The number of Topliss-reactive ketones (excluding diaryl/α,β-unsaturated/α-hetero) is 1. The standard InChI is InChI=1S/C24H20F3NO5/c1-31-22-13-18(6-9-21(22)32-14-20(29)16-2-3-16)28-11-10-17(12-23(28)30)15-4-7-19(8-5-15)33-24(25,26)27/h4-13,16H,2-3,14H2,1H3. The van der Waals surface area contributed by atoms with E-state index in [2.05, 4.69) is 4.74 Å². The summed E-state index contributed by atoms with van der Waals surface area (Å²) in [4.78, 5) is 24.6. The summed E-state index contributed by atoms with van der Waals surface area (Å²) in [7, 11) is 1.46. The van der Waals surface area contributed by atoms with Crippen molar-refractivity contribution in [1.82, 2.24) is 4.57 Å². The monoisotopic (exact) mass is 459 g/mol. The van der Waals surface area contributed by atoms with Crippen molar-refractivity contribution in [2.75, 3.05) is 13.7 Å². The Balaban J connectivity index is 1.52. The molecule has 0 radical (unpaired) electrons. The Kier molecular flexibility index (Phi) is 6.13. The Bertz CT molecular complexity index is 1210. The lowest BCUT2D eigenvalue weighted by Gasteiger charge is -2.13. The number of carbonyl (C=O) groups is 1. The normalized spacial score (nSPS) is 13.5. The fourth-order valence-corrected chi connectivity index (χ4v) is 3.32. The van der Waals surface area contributed by atoms with E-state index in [1.54, 1.807) is 30.5 Å². The number of ketones is 1. The fourth-order valence-electron chi connectivity index (χ4n) is 3.32. The molecule has 33 heavy (non-hydrogen) atoms. The molecule has 1 aliphatic rings. The second-order valence-corrected chi connectivity index (χ2v) is 7.56. The Morgan fingerprint density at radius 1 is 1.00 bits per heavy atom.